The van der Waals surface area contributed by atoms with Gasteiger partial charge in [0.25, 0.3) is 0 Å². The van der Waals surface area contributed by atoms with Crippen molar-refractivity contribution < 1.29 is 27.8 Å². The van der Waals surface area contributed by atoms with Crippen LogP contribution in [0.5, 0.6) is 0 Å². The summed E-state index contributed by atoms with van der Waals surface area (Å²) in [6, 6.07) is 2.86. The molecule has 1 amide bonds. The molecule has 29 heavy (non-hydrogen) atoms. The minimum Gasteiger partial charge on any atom is -0.459 e. The molecule has 1 N–H and O–H groups in total. The van der Waals surface area contributed by atoms with Crippen LogP contribution in [0.2, 0.25) is 0 Å². The van der Waals surface area contributed by atoms with E-state index in [1.165, 1.54) is 23.5 Å². The van der Waals surface area contributed by atoms with E-state index in [2.05, 4.69) is 10.3 Å². The molecule has 0 unspecified atom stereocenters. The standard InChI is InChI=1S/C20H24F2N2O4S/c1-12-24-15(11-29-12)8-7-13-5-6-14(18(22)17(13)21)10-27-16(25)9-23-19(26)28-20(2,3)4/h5-6,11H,7-10H2,1-4H3,(H,23,26). The lowest BCUT2D eigenvalue weighted by molar-refractivity contribution is -0.143. The predicted molar refractivity (Wildman–Crippen MR) is 105 cm³/mol. The van der Waals surface area contributed by atoms with Crippen LogP contribution in [0.25, 0.3) is 0 Å². The number of hydrogen-bond donors (Lipinski definition) is 1. The Balaban J connectivity index is 1.85. The number of carbonyl (C=O) groups excluding carboxylic acids is 2. The third-order valence-corrected chi connectivity index (χ3v) is 4.55. The number of halogens is 2. The van der Waals surface area contributed by atoms with Crippen molar-refractivity contribution in [3.05, 3.63) is 51.0 Å². The number of esters is 1. The molecule has 0 fully saturated rings. The van der Waals surface area contributed by atoms with Crippen molar-refractivity contribution >= 4 is 23.4 Å². The van der Waals surface area contributed by atoms with Gasteiger partial charge in [-0.05, 0) is 46.1 Å². The smallest absolute Gasteiger partial charge is 0.408 e. The number of rotatable bonds is 7. The summed E-state index contributed by atoms with van der Waals surface area (Å²) in [6.07, 6.45) is 0.0447. The topological polar surface area (TPSA) is 77.5 Å². The molecule has 0 radical (unpaired) electrons. The second-order valence-corrected chi connectivity index (χ2v) is 8.45. The summed E-state index contributed by atoms with van der Waals surface area (Å²) in [5.41, 5.74) is 0.285. The summed E-state index contributed by atoms with van der Waals surface area (Å²) in [4.78, 5) is 27.5. The van der Waals surface area contributed by atoms with E-state index in [0.717, 1.165) is 10.7 Å². The van der Waals surface area contributed by atoms with Crippen molar-refractivity contribution in [2.75, 3.05) is 6.54 Å². The van der Waals surface area contributed by atoms with Crippen LogP contribution < -0.4 is 5.32 Å². The second kappa shape index (κ2) is 9.78. The zero-order valence-corrected chi connectivity index (χ0v) is 17.6. The number of ether oxygens (including phenoxy) is 2. The molecule has 0 aliphatic rings. The third-order valence-electron chi connectivity index (χ3n) is 3.72. The zero-order valence-electron chi connectivity index (χ0n) is 16.8. The van der Waals surface area contributed by atoms with Crippen molar-refractivity contribution in [1.82, 2.24) is 10.3 Å². The highest BCUT2D eigenvalue weighted by molar-refractivity contribution is 7.09. The van der Waals surface area contributed by atoms with Crippen LogP contribution in [-0.2, 0) is 33.7 Å². The summed E-state index contributed by atoms with van der Waals surface area (Å²) in [7, 11) is 0. The summed E-state index contributed by atoms with van der Waals surface area (Å²) in [6.45, 7) is 6.05. The summed E-state index contributed by atoms with van der Waals surface area (Å²) < 4.78 is 38.4. The van der Waals surface area contributed by atoms with Gasteiger partial charge in [0.2, 0.25) is 0 Å². The van der Waals surface area contributed by atoms with Gasteiger partial charge in [-0.3, -0.25) is 4.79 Å². The van der Waals surface area contributed by atoms with Gasteiger partial charge in [0.15, 0.2) is 11.6 Å². The van der Waals surface area contributed by atoms with Gasteiger partial charge < -0.3 is 14.8 Å². The van der Waals surface area contributed by atoms with Gasteiger partial charge in [0.1, 0.15) is 18.8 Å². The fourth-order valence-corrected chi connectivity index (χ4v) is 3.03. The lowest BCUT2D eigenvalue weighted by Crippen LogP contribution is -2.36. The Morgan fingerprint density at radius 3 is 2.41 bits per heavy atom. The number of nitrogens with zero attached hydrogens (tertiary/aromatic N) is 1. The highest BCUT2D eigenvalue weighted by Crippen LogP contribution is 2.19. The van der Waals surface area contributed by atoms with Gasteiger partial charge in [-0.15, -0.1) is 11.3 Å². The average molecular weight is 426 g/mol. The molecule has 1 aromatic carbocycles. The van der Waals surface area contributed by atoms with E-state index < -0.39 is 42.4 Å². The minimum absolute atomic E-state index is 0.0821. The molecule has 0 spiro atoms. The maximum atomic E-state index is 14.3. The normalized spacial score (nSPS) is 11.2. The Hall–Kier alpha value is -2.55. The SMILES string of the molecule is Cc1nc(CCc2ccc(COC(=O)CNC(=O)OC(C)(C)C)c(F)c2F)cs1. The Labute approximate surface area is 172 Å². The highest BCUT2D eigenvalue weighted by Gasteiger charge is 2.18. The first-order valence-electron chi connectivity index (χ1n) is 9.04. The van der Waals surface area contributed by atoms with Crippen molar-refractivity contribution in [2.24, 2.45) is 0 Å². The molecule has 2 aromatic rings. The number of benzene rings is 1. The van der Waals surface area contributed by atoms with Crippen molar-refractivity contribution in [3.8, 4) is 0 Å². The molecular weight excluding hydrogens is 402 g/mol. The fraction of sp³-hybridized carbons (Fsp3) is 0.450. The molecule has 6 nitrogen and oxygen atoms in total. The van der Waals surface area contributed by atoms with E-state index in [1.54, 1.807) is 20.8 Å². The maximum Gasteiger partial charge on any atom is 0.408 e. The number of thiazole rings is 1. The molecule has 1 heterocycles. The van der Waals surface area contributed by atoms with Crippen molar-refractivity contribution in [2.45, 2.75) is 52.7 Å². The van der Waals surface area contributed by atoms with Crippen LogP contribution in [0, 0.1) is 18.6 Å². The molecule has 2 rings (SSSR count). The van der Waals surface area contributed by atoms with E-state index in [0.29, 0.717) is 12.8 Å². The van der Waals surface area contributed by atoms with Gasteiger partial charge in [-0.2, -0.15) is 0 Å². The van der Waals surface area contributed by atoms with Crippen LogP contribution in [0.1, 0.15) is 42.6 Å². The minimum atomic E-state index is -1.05. The first kappa shape index (κ1) is 22.7. The summed E-state index contributed by atoms with van der Waals surface area (Å²) in [5, 5.41) is 5.05. The Kier molecular flexibility index (Phi) is 7.66. The first-order valence-corrected chi connectivity index (χ1v) is 9.92. The van der Waals surface area contributed by atoms with Crippen LogP contribution in [-0.4, -0.2) is 29.2 Å². The van der Waals surface area contributed by atoms with Gasteiger partial charge in [0, 0.05) is 10.9 Å². The third kappa shape index (κ3) is 7.41. The van der Waals surface area contributed by atoms with E-state index in [1.807, 2.05) is 12.3 Å². The molecule has 1 aromatic heterocycles. The molecular formula is C20H24F2N2O4S. The number of aromatic nitrogens is 1. The van der Waals surface area contributed by atoms with E-state index >= 15 is 0 Å². The monoisotopic (exact) mass is 426 g/mol. The molecule has 0 saturated heterocycles. The van der Waals surface area contributed by atoms with E-state index in [9.17, 15) is 18.4 Å². The summed E-state index contributed by atoms with van der Waals surface area (Å²) >= 11 is 1.51. The predicted octanol–water partition coefficient (Wildman–Crippen LogP) is 4.08. The summed E-state index contributed by atoms with van der Waals surface area (Å²) in [5.74, 6) is -2.80. The van der Waals surface area contributed by atoms with Crippen LogP contribution in [0.4, 0.5) is 13.6 Å². The Bertz CT molecular complexity index is 878. The Morgan fingerprint density at radius 2 is 1.79 bits per heavy atom. The first-order chi connectivity index (χ1) is 13.5. The Morgan fingerprint density at radius 1 is 1.14 bits per heavy atom. The lowest BCUT2D eigenvalue weighted by Gasteiger charge is -2.19. The number of hydrogen-bond acceptors (Lipinski definition) is 6. The van der Waals surface area contributed by atoms with Crippen LogP contribution >= 0.6 is 11.3 Å². The van der Waals surface area contributed by atoms with Gasteiger partial charge in [0.05, 0.1) is 10.7 Å². The molecule has 0 aliphatic carbocycles. The van der Waals surface area contributed by atoms with Gasteiger partial charge in [-0.25, -0.2) is 18.6 Å². The number of nitrogens with one attached hydrogen (secondary N) is 1. The van der Waals surface area contributed by atoms with Gasteiger partial charge in [-0.1, -0.05) is 12.1 Å². The highest BCUT2D eigenvalue weighted by atomic mass is 32.1. The molecule has 0 bridgehead atoms. The van der Waals surface area contributed by atoms with E-state index in [4.69, 9.17) is 9.47 Å². The van der Waals surface area contributed by atoms with Crippen molar-refractivity contribution in [3.63, 3.8) is 0 Å². The van der Waals surface area contributed by atoms with E-state index in [-0.39, 0.29) is 11.1 Å². The second-order valence-electron chi connectivity index (χ2n) is 7.39. The number of aryl methyl sites for hydroxylation is 3. The number of alkyl carbamates (subject to hydrolysis) is 1. The van der Waals surface area contributed by atoms with Crippen molar-refractivity contribution in [1.29, 1.82) is 0 Å². The lowest BCUT2D eigenvalue weighted by atomic mass is 10.0. The molecule has 9 heteroatoms. The van der Waals surface area contributed by atoms with Crippen LogP contribution in [0.3, 0.4) is 0 Å². The molecule has 0 saturated carbocycles. The number of carbonyl (C=O) groups is 2. The zero-order chi connectivity index (χ0) is 21.6. The quantitative estimate of drug-likeness (QED) is 0.675. The fourth-order valence-electron chi connectivity index (χ4n) is 2.39. The maximum absolute atomic E-state index is 14.3. The number of amides is 1. The van der Waals surface area contributed by atoms with Gasteiger partial charge >= 0.3 is 12.1 Å². The molecule has 158 valence electrons. The molecule has 0 aliphatic heterocycles. The largest absolute Gasteiger partial charge is 0.459 e. The van der Waals surface area contributed by atoms with Crippen LogP contribution in [0.15, 0.2) is 17.5 Å². The molecule has 0 atom stereocenters. The average Bonchev–Trinajstić information content (AvgIpc) is 3.04.